The number of carbonyl (C=O) groups excluding carboxylic acids is 2. The maximum atomic E-state index is 13.9. The van der Waals surface area contributed by atoms with Crippen molar-refractivity contribution in [1.29, 1.82) is 0 Å². The minimum atomic E-state index is -0.766. The van der Waals surface area contributed by atoms with Gasteiger partial charge in [-0.05, 0) is 52.8 Å². The van der Waals surface area contributed by atoms with Crippen LogP contribution in [0.2, 0.25) is 0 Å². The summed E-state index contributed by atoms with van der Waals surface area (Å²) in [6.45, 7) is 0.331. The SMILES string of the molecule is N[C@@H](CC(=O)NC1Cc2ncccc2N(Cc2ccc(-c3cnns3)cc2)C1=O)Cc1ccccc1F. The Bertz CT molecular complexity index is 1400. The number of nitrogens with two attached hydrogens (primary N) is 1. The summed E-state index contributed by atoms with van der Waals surface area (Å²) in [6, 6.07) is 16.5. The van der Waals surface area contributed by atoms with E-state index in [0.29, 0.717) is 12.1 Å². The number of amides is 2. The quantitative estimate of drug-likeness (QED) is 0.372. The Hall–Kier alpha value is -4.02. The highest BCUT2D eigenvalue weighted by molar-refractivity contribution is 7.09. The van der Waals surface area contributed by atoms with Gasteiger partial charge in [-0.1, -0.05) is 47.0 Å². The molecule has 1 unspecified atom stereocenters. The van der Waals surface area contributed by atoms with E-state index in [9.17, 15) is 14.0 Å². The van der Waals surface area contributed by atoms with Gasteiger partial charge in [0.2, 0.25) is 11.8 Å². The van der Waals surface area contributed by atoms with Crippen molar-refractivity contribution in [2.45, 2.75) is 37.9 Å². The molecule has 2 aromatic carbocycles. The number of carbonyl (C=O) groups is 2. The Morgan fingerprint density at radius 2 is 1.97 bits per heavy atom. The summed E-state index contributed by atoms with van der Waals surface area (Å²) in [5, 5.41) is 6.70. The number of hydrogen-bond donors (Lipinski definition) is 2. The fourth-order valence-electron chi connectivity index (χ4n) is 4.46. The summed E-state index contributed by atoms with van der Waals surface area (Å²) >= 11 is 1.32. The number of benzene rings is 2. The Morgan fingerprint density at radius 1 is 1.16 bits per heavy atom. The predicted octanol–water partition coefficient (Wildman–Crippen LogP) is 3.27. The number of fused-ring (bicyclic) bond motifs is 1. The zero-order valence-corrected chi connectivity index (χ0v) is 20.7. The number of halogens is 1. The Kier molecular flexibility index (Phi) is 7.29. The van der Waals surface area contributed by atoms with Gasteiger partial charge in [0.25, 0.3) is 0 Å². The standard InChI is InChI=1S/C27H25FN6O2S/c28-21-5-2-1-4-19(21)12-20(29)13-26(35)32-23-14-22-24(6-3-11-30-22)34(27(23)36)16-17-7-9-18(10-8-17)25-15-31-33-37-25/h1-11,15,20,23H,12-14,16,29H2,(H,32,35)/t20-,23?/m1/s1. The van der Waals surface area contributed by atoms with E-state index in [4.69, 9.17) is 5.73 Å². The van der Waals surface area contributed by atoms with Crippen LogP contribution in [0.4, 0.5) is 10.1 Å². The minimum absolute atomic E-state index is 0.0267. The highest BCUT2D eigenvalue weighted by atomic mass is 32.1. The molecule has 8 nitrogen and oxygen atoms in total. The molecule has 37 heavy (non-hydrogen) atoms. The van der Waals surface area contributed by atoms with Gasteiger partial charge < -0.3 is 16.0 Å². The van der Waals surface area contributed by atoms with Crippen LogP contribution in [0, 0.1) is 5.82 Å². The average Bonchev–Trinajstić information content (AvgIpc) is 3.43. The zero-order chi connectivity index (χ0) is 25.8. The Morgan fingerprint density at radius 3 is 2.73 bits per heavy atom. The van der Waals surface area contributed by atoms with Crippen LogP contribution in [0.25, 0.3) is 10.4 Å². The average molecular weight is 517 g/mol. The van der Waals surface area contributed by atoms with Crippen molar-refractivity contribution in [3.63, 3.8) is 0 Å². The van der Waals surface area contributed by atoms with Gasteiger partial charge in [-0.15, -0.1) is 5.10 Å². The predicted molar refractivity (Wildman–Crippen MR) is 139 cm³/mol. The fraction of sp³-hybridized carbons (Fsp3) is 0.222. The highest BCUT2D eigenvalue weighted by Gasteiger charge is 2.34. The smallest absolute Gasteiger partial charge is 0.250 e. The number of aromatic nitrogens is 3. The lowest BCUT2D eigenvalue weighted by Crippen LogP contribution is -2.53. The molecule has 0 aliphatic carbocycles. The summed E-state index contributed by atoms with van der Waals surface area (Å²) in [6.07, 6.45) is 3.88. The first-order valence-electron chi connectivity index (χ1n) is 11.9. The lowest BCUT2D eigenvalue weighted by molar-refractivity contribution is -0.128. The van der Waals surface area contributed by atoms with Gasteiger partial charge >= 0.3 is 0 Å². The van der Waals surface area contributed by atoms with E-state index < -0.39 is 12.1 Å². The molecular weight excluding hydrogens is 491 g/mol. The molecule has 10 heteroatoms. The van der Waals surface area contributed by atoms with Crippen molar-refractivity contribution in [2.24, 2.45) is 5.73 Å². The molecule has 0 fully saturated rings. The van der Waals surface area contributed by atoms with Gasteiger partial charge in [0.1, 0.15) is 11.9 Å². The van der Waals surface area contributed by atoms with Crippen LogP contribution in [0.1, 0.15) is 23.2 Å². The van der Waals surface area contributed by atoms with Crippen molar-refractivity contribution >= 4 is 29.0 Å². The largest absolute Gasteiger partial charge is 0.344 e. The van der Waals surface area contributed by atoms with Crippen LogP contribution in [0.3, 0.4) is 0 Å². The molecule has 0 bridgehead atoms. The molecule has 2 atom stereocenters. The van der Waals surface area contributed by atoms with E-state index in [1.165, 1.54) is 17.6 Å². The van der Waals surface area contributed by atoms with E-state index >= 15 is 0 Å². The van der Waals surface area contributed by atoms with Gasteiger partial charge in [-0.2, -0.15) is 0 Å². The number of nitrogens with zero attached hydrogens (tertiary/aromatic N) is 4. The molecule has 2 amide bonds. The van der Waals surface area contributed by atoms with Crippen molar-refractivity contribution < 1.29 is 14.0 Å². The van der Waals surface area contributed by atoms with E-state index in [0.717, 1.165) is 27.4 Å². The molecule has 0 radical (unpaired) electrons. The molecule has 1 aliphatic heterocycles. The monoisotopic (exact) mass is 516 g/mol. The summed E-state index contributed by atoms with van der Waals surface area (Å²) in [4.78, 5) is 33.3. The Labute approximate surface area is 217 Å². The highest BCUT2D eigenvalue weighted by Crippen LogP contribution is 2.29. The van der Waals surface area contributed by atoms with Crippen LogP contribution >= 0.6 is 11.5 Å². The molecule has 0 spiro atoms. The molecule has 5 rings (SSSR count). The van der Waals surface area contributed by atoms with E-state index in [1.807, 2.05) is 30.3 Å². The van der Waals surface area contributed by atoms with E-state index in [1.54, 1.807) is 41.6 Å². The van der Waals surface area contributed by atoms with Gasteiger partial charge in [-0.3, -0.25) is 14.6 Å². The third kappa shape index (κ3) is 5.71. The van der Waals surface area contributed by atoms with Crippen LogP contribution in [-0.2, 0) is 29.0 Å². The van der Waals surface area contributed by atoms with Gasteiger partial charge in [-0.25, -0.2) is 4.39 Å². The molecule has 3 N–H and O–H groups in total. The van der Waals surface area contributed by atoms with E-state index in [-0.39, 0.29) is 36.9 Å². The molecule has 0 saturated heterocycles. The first-order chi connectivity index (χ1) is 18.0. The molecule has 2 aromatic heterocycles. The number of hydrogen-bond acceptors (Lipinski definition) is 7. The maximum absolute atomic E-state index is 13.9. The number of pyridine rings is 1. The molecule has 3 heterocycles. The second-order valence-electron chi connectivity index (χ2n) is 8.96. The third-order valence-corrected chi connectivity index (χ3v) is 7.00. The number of rotatable bonds is 8. The van der Waals surface area contributed by atoms with E-state index in [2.05, 4.69) is 19.9 Å². The first kappa shape index (κ1) is 24.7. The molecule has 188 valence electrons. The van der Waals surface area contributed by atoms with Crippen LogP contribution in [0.5, 0.6) is 0 Å². The fourth-order valence-corrected chi connectivity index (χ4v) is 4.98. The lowest BCUT2D eigenvalue weighted by atomic mass is 9.99. The summed E-state index contributed by atoms with van der Waals surface area (Å²) in [5.41, 5.74) is 9.98. The zero-order valence-electron chi connectivity index (χ0n) is 19.9. The minimum Gasteiger partial charge on any atom is -0.344 e. The summed E-state index contributed by atoms with van der Waals surface area (Å²) < 4.78 is 17.8. The van der Waals surface area contributed by atoms with Crippen molar-refractivity contribution in [2.75, 3.05) is 4.90 Å². The molecular formula is C27H25FN6O2S. The molecule has 4 aromatic rings. The number of anilines is 1. The van der Waals surface area contributed by atoms with Crippen LogP contribution in [0.15, 0.2) is 73.1 Å². The van der Waals surface area contributed by atoms with Crippen molar-refractivity contribution in [3.05, 3.63) is 95.7 Å². The lowest BCUT2D eigenvalue weighted by Gasteiger charge is -2.34. The van der Waals surface area contributed by atoms with Crippen LogP contribution in [-0.4, -0.2) is 38.5 Å². The topological polar surface area (TPSA) is 114 Å². The van der Waals surface area contributed by atoms with Crippen LogP contribution < -0.4 is 16.0 Å². The second kappa shape index (κ2) is 10.9. The normalized spacial score (nSPS) is 15.8. The first-order valence-corrected chi connectivity index (χ1v) is 12.7. The van der Waals surface area contributed by atoms with Gasteiger partial charge in [0, 0.05) is 25.1 Å². The summed E-state index contributed by atoms with van der Waals surface area (Å²) in [7, 11) is 0. The summed E-state index contributed by atoms with van der Waals surface area (Å²) in [5.74, 6) is -0.924. The maximum Gasteiger partial charge on any atom is 0.250 e. The molecule has 1 aliphatic rings. The molecule has 0 saturated carbocycles. The van der Waals surface area contributed by atoms with Gasteiger partial charge in [0.05, 0.1) is 29.0 Å². The Balaban J connectivity index is 1.27. The van der Waals surface area contributed by atoms with Gasteiger partial charge in [0.15, 0.2) is 0 Å². The van der Waals surface area contributed by atoms with Crippen molar-refractivity contribution in [3.8, 4) is 10.4 Å². The van der Waals surface area contributed by atoms with Crippen molar-refractivity contribution in [1.82, 2.24) is 19.9 Å². The second-order valence-corrected chi connectivity index (χ2v) is 9.74. The third-order valence-electron chi connectivity index (χ3n) is 6.28. The number of nitrogens with one attached hydrogen (secondary N) is 1.